The number of nitrogens with two attached hydrogens (primary N) is 1. The van der Waals surface area contributed by atoms with Crippen LogP contribution < -0.4 is 5.73 Å². The lowest BCUT2D eigenvalue weighted by Gasteiger charge is -2.08. The third-order valence-corrected chi connectivity index (χ3v) is 2.11. The summed E-state index contributed by atoms with van der Waals surface area (Å²) in [4.78, 5) is 0. The van der Waals surface area contributed by atoms with Crippen LogP contribution in [0, 0.1) is 5.92 Å². The van der Waals surface area contributed by atoms with Crippen LogP contribution in [0.1, 0.15) is 46.5 Å². The fourth-order valence-electron chi connectivity index (χ4n) is 1.27. The van der Waals surface area contributed by atoms with Crippen LogP contribution in [-0.4, -0.2) is 6.54 Å². The minimum Gasteiger partial charge on any atom is -0.330 e. The Hall–Kier alpha value is -0.300. The fraction of sp³-hybridized carbons (Fsp3) is 0.818. The number of hydrogen-bond donors (Lipinski definition) is 1. The van der Waals surface area contributed by atoms with Gasteiger partial charge in [0.25, 0.3) is 0 Å². The zero-order valence-electron chi connectivity index (χ0n) is 8.77. The van der Waals surface area contributed by atoms with Gasteiger partial charge in [0.1, 0.15) is 0 Å². The van der Waals surface area contributed by atoms with E-state index < -0.39 is 0 Å². The predicted molar refractivity (Wildman–Crippen MR) is 56.1 cm³/mol. The first kappa shape index (κ1) is 11.7. The smallest absolute Gasteiger partial charge is 0.00772 e. The lowest BCUT2D eigenvalue weighted by Crippen LogP contribution is -2.02. The van der Waals surface area contributed by atoms with Gasteiger partial charge in [0, 0.05) is 0 Å². The second-order valence-electron chi connectivity index (χ2n) is 3.89. The van der Waals surface area contributed by atoms with Gasteiger partial charge in [-0.05, 0) is 52.0 Å². The molecule has 0 saturated carbocycles. The zero-order valence-corrected chi connectivity index (χ0v) is 8.77. The van der Waals surface area contributed by atoms with Crippen molar-refractivity contribution in [2.45, 2.75) is 46.5 Å². The molecular formula is C11H23N. The summed E-state index contributed by atoms with van der Waals surface area (Å²) in [6.07, 6.45) is 7.32. The molecule has 0 aliphatic heterocycles. The largest absolute Gasteiger partial charge is 0.330 e. The first-order chi connectivity index (χ1) is 5.66. The molecule has 0 fully saturated rings. The third kappa shape index (κ3) is 7.80. The summed E-state index contributed by atoms with van der Waals surface area (Å²) in [7, 11) is 0. The normalized spacial score (nSPS) is 12.7. The lowest BCUT2D eigenvalue weighted by molar-refractivity contribution is 0.482. The summed E-state index contributed by atoms with van der Waals surface area (Å²) in [5.41, 5.74) is 6.87. The summed E-state index contributed by atoms with van der Waals surface area (Å²) in [6.45, 7) is 7.47. The van der Waals surface area contributed by atoms with Crippen LogP contribution >= 0.6 is 0 Å². The van der Waals surface area contributed by atoms with E-state index in [-0.39, 0.29) is 0 Å². The van der Waals surface area contributed by atoms with E-state index in [2.05, 4.69) is 26.8 Å². The van der Waals surface area contributed by atoms with E-state index in [1.807, 2.05) is 0 Å². The van der Waals surface area contributed by atoms with Crippen molar-refractivity contribution >= 4 is 0 Å². The summed E-state index contributed by atoms with van der Waals surface area (Å²) in [5.74, 6) is 0.837. The van der Waals surface area contributed by atoms with Gasteiger partial charge in [-0.15, -0.1) is 0 Å². The molecule has 12 heavy (non-hydrogen) atoms. The Kier molecular flexibility index (Phi) is 7.17. The second kappa shape index (κ2) is 7.35. The molecule has 72 valence electrons. The first-order valence-electron chi connectivity index (χ1n) is 5.00. The van der Waals surface area contributed by atoms with Crippen LogP contribution in [0.15, 0.2) is 11.6 Å². The summed E-state index contributed by atoms with van der Waals surface area (Å²) in [6, 6.07) is 0. The molecule has 1 atom stereocenters. The van der Waals surface area contributed by atoms with Crippen molar-refractivity contribution in [1.29, 1.82) is 0 Å². The molecule has 1 heteroatoms. The van der Waals surface area contributed by atoms with Crippen LogP contribution in [0.2, 0.25) is 0 Å². The number of rotatable bonds is 6. The molecule has 0 aliphatic carbocycles. The maximum atomic E-state index is 5.44. The first-order valence-corrected chi connectivity index (χ1v) is 5.00. The molecular weight excluding hydrogens is 146 g/mol. The Morgan fingerprint density at radius 1 is 1.33 bits per heavy atom. The average molecular weight is 169 g/mol. The standard InChI is InChI=1S/C11H23N/c1-10(2)6-4-7-11(3)8-5-9-12/h6,11H,4-5,7-9,12H2,1-3H3. The molecule has 0 spiro atoms. The fourth-order valence-corrected chi connectivity index (χ4v) is 1.27. The van der Waals surface area contributed by atoms with Crippen molar-refractivity contribution in [3.8, 4) is 0 Å². The molecule has 0 bridgehead atoms. The highest BCUT2D eigenvalue weighted by Gasteiger charge is 1.99. The molecule has 0 aromatic rings. The third-order valence-electron chi connectivity index (χ3n) is 2.11. The SMILES string of the molecule is CC(C)=CCCC(C)CCCN. The molecule has 0 amide bonds. The van der Waals surface area contributed by atoms with Gasteiger partial charge in [-0.25, -0.2) is 0 Å². The zero-order chi connectivity index (χ0) is 9.40. The molecule has 2 N–H and O–H groups in total. The van der Waals surface area contributed by atoms with Crippen molar-refractivity contribution in [1.82, 2.24) is 0 Å². The van der Waals surface area contributed by atoms with E-state index in [0.29, 0.717) is 0 Å². The lowest BCUT2D eigenvalue weighted by atomic mass is 9.99. The number of hydrogen-bond acceptors (Lipinski definition) is 1. The van der Waals surface area contributed by atoms with Crippen molar-refractivity contribution in [2.75, 3.05) is 6.54 Å². The van der Waals surface area contributed by atoms with Gasteiger partial charge in [-0.2, -0.15) is 0 Å². The van der Waals surface area contributed by atoms with E-state index in [4.69, 9.17) is 5.73 Å². The Morgan fingerprint density at radius 2 is 2.00 bits per heavy atom. The highest BCUT2D eigenvalue weighted by atomic mass is 14.5. The van der Waals surface area contributed by atoms with Gasteiger partial charge in [-0.1, -0.05) is 18.6 Å². The van der Waals surface area contributed by atoms with Crippen LogP contribution in [0.25, 0.3) is 0 Å². The van der Waals surface area contributed by atoms with E-state index in [0.717, 1.165) is 12.5 Å². The van der Waals surface area contributed by atoms with Gasteiger partial charge in [-0.3, -0.25) is 0 Å². The molecule has 0 radical (unpaired) electrons. The maximum Gasteiger partial charge on any atom is -0.00772 e. The molecule has 0 rings (SSSR count). The van der Waals surface area contributed by atoms with Crippen LogP contribution in [0.4, 0.5) is 0 Å². The maximum absolute atomic E-state index is 5.44. The monoisotopic (exact) mass is 169 g/mol. The molecule has 0 aromatic carbocycles. The van der Waals surface area contributed by atoms with Crippen molar-refractivity contribution < 1.29 is 0 Å². The Labute approximate surface area is 77.0 Å². The van der Waals surface area contributed by atoms with Gasteiger partial charge >= 0.3 is 0 Å². The molecule has 0 aromatic heterocycles. The quantitative estimate of drug-likeness (QED) is 0.607. The van der Waals surface area contributed by atoms with E-state index in [1.54, 1.807) is 0 Å². The minimum atomic E-state index is 0.837. The predicted octanol–water partition coefficient (Wildman–Crippen LogP) is 3.11. The van der Waals surface area contributed by atoms with Gasteiger partial charge < -0.3 is 5.73 Å². The molecule has 0 heterocycles. The van der Waals surface area contributed by atoms with Crippen molar-refractivity contribution in [2.24, 2.45) is 11.7 Å². The highest BCUT2D eigenvalue weighted by Crippen LogP contribution is 2.12. The summed E-state index contributed by atoms with van der Waals surface area (Å²) in [5, 5.41) is 0. The second-order valence-corrected chi connectivity index (χ2v) is 3.89. The minimum absolute atomic E-state index is 0.837. The molecule has 0 aliphatic rings. The van der Waals surface area contributed by atoms with E-state index >= 15 is 0 Å². The molecule has 1 nitrogen and oxygen atoms in total. The van der Waals surface area contributed by atoms with Crippen LogP contribution in [0.3, 0.4) is 0 Å². The van der Waals surface area contributed by atoms with Gasteiger partial charge in [0.05, 0.1) is 0 Å². The summed E-state index contributed by atoms with van der Waals surface area (Å²) < 4.78 is 0. The Bertz CT molecular complexity index is 123. The Balaban J connectivity index is 3.31. The van der Waals surface area contributed by atoms with E-state index in [9.17, 15) is 0 Å². The Morgan fingerprint density at radius 3 is 2.50 bits per heavy atom. The molecule has 0 saturated heterocycles. The van der Waals surface area contributed by atoms with Crippen LogP contribution in [0.5, 0.6) is 0 Å². The van der Waals surface area contributed by atoms with Gasteiger partial charge in [0.2, 0.25) is 0 Å². The van der Waals surface area contributed by atoms with Gasteiger partial charge in [0.15, 0.2) is 0 Å². The average Bonchev–Trinajstić information content (AvgIpc) is 2.00. The topological polar surface area (TPSA) is 26.0 Å². The number of allylic oxidation sites excluding steroid dienone is 2. The highest BCUT2D eigenvalue weighted by molar-refractivity contribution is 4.92. The van der Waals surface area contributed by atoms with Crippen molar-refractivity contribution in [3.05, 3.63) is 11.6 Å². The summed E-state index contributed by atoms with van der Waals surface area (Å²) >= 11 is 0. The van der Waals surface area contributed by atoms with E-state index in [1.165, 1.54) is 31.3 Å². The van der Waals surface area contributed by atoms with Crippen molar-refractivity contribution in [3.63, 3.8) is 0 Å². The van der Waals surface area contributed by atoms with Crippen LogP contribution in [-0.2, 0) is 0 Å². The molecule has 1 unspecified atom stereocenters.